The maximum absolute atomic E-state index is 11.6. The molecular formula is C16H24O4. The van der Waals surface area contributed by atoms with Crippen molar-refractivity contribution >= 4 is 5.97 Å². The molecule has 0 aliphatic heterocycles. The van der Waals surface area contributed by atoms with E-state index in [1.807, 2.05) is 33.8 Å². The van der Waals surface area contributed by atoms with Crippen molar-refractivity contribution in [3.8, 4) is 11.5 Å². The van der Waals surface area contributed by atoms with Crippen molar-refractivity contribution in [3.63, 3.8) is 0 Å². The van der Waals surface area contributed by atoms with E-state index in [9.17, 15) is 9.90 Å². The van der Waals surface area contributed by atoms with E-state index in [0.29, 0.717) is 11.5 Å². The highest BCUT2D eigenvalue weighted by molar-refractivity contribution is 5.78. The minimum absolute atomic E-state index is 0.00287. The second-order valence-electron chi connectivity index (χ2n) is 5.52. The molecule has 112 valence electrons. The highest BCUT2D eigenvalue weighted by Crippen LogP contribution is 2.42. The standard InChI is InChI=1S/C16H24O4/c1-9(2)13-11(14(10(3)4)16(17)18)7-8-12(19-5)15(13)20-6/h7-10,14H,1-6H3,(H,17,18). The lowest BCUT2D eigenvalue weighted by atomic mass is 9.82. The fourth-order valence-electron chi connectivity index (χ4n) is 2.61. The monoisotopic (exact) mass is 280 g/mol. The molecule has 0 radical (unpaired) electrons. The number of rotatable bonds is 6. The van der Waals surface area contributed by atoms with Crippen LogP contribution in [-0.2, 0) is 4.79 Å². The largest absolute Gasteiger partial charge is 0.493 e. The van der Waals surface area contributed by atoms with Gasteiger partial charge >= 0.3 is 5.97 Å². The Hall–Kier alpha value is -1.71. The van der Waals surface area contributed by atoms with Gasteiger partial charge in [-0.2, -0.15) is 0 Å². The molecule has 0 saturated carbocycles. The van der Waals surface area contributed by atoms with E-state index in [1.165, 1.54) is 0 Å². The number of methoxy groups -OCH3 is 2. The van der Waals surface area contributed by atoms with Crippen molar-refractivity contribution in [2.24, 2.45) is 5.92 Å². The van der Waals surface area contributed by atoms with Gasteiger partial charge in [-0.1, -0.05) is 33.8 Å². The number of hydrogen-bond acceptors (Lipinski definition) is 3. The zero-order chi connectivity index (χ0) is 15.4. The molecule has 0 fully saturated rings. The highest BCUT2D eigenvalue weighted by atomic mass is 16.5. The zero-order valence-electron chi connectivity index (χ0n) is 13.1. The smallest absolute Gasteiger partial charge is 0.311 e. The SMILES string of the molecule is COc1ccc(C(C(=O)O)C(C)C)c(C(C)C)c1OC. The van der Waals surface area contributed by atoms with Gasteiger partial charge in [0.1, 0.15) is 0 Å². The third-order valence-corrected chi connectivity index (χ3v) is 3.46. The van der Waals surface area contributed by atoms with E-state index < -0.39 is 11.9 Å². The molecule has 4 nitrogen and oxygen atoms in total. The average molecular weight is 280 g/mol. The minimum Gasteiger partial charge on any atom is -0.493 e. The molecule has 0 saturated heterocycles. The van der Waals surface area contributed by atoms with Crippen LogP contribution in [0.5, 0.6) is 11.5 Å². The van der Waals surface area contributed by atoms with Crippen molar-refractivity contribution in [1.29, 1.82) is 0 Å². The molecule has 1 rings (SSSR count). The molecule has 1 N–H and O–H groups in total. The van der Waals surface area contributed by atoms with Crippen LogP contribution in [0, 0.1) is 5.92 Å². The number of carbonyl (C=O) groups is 1. The van der Waals surface area contributed by atoms with E-state index in [0.717, 1.165) is 11.1 Å². The minimum atomic E-state index is -0.811. The van der Waals surface area contributed by atoms with E-state index in [2.05, 4.69) is 0 Å². The maximum Gasteiger partial charge on any atom is 0.311 e. The van der Waals surface area contributed by atoms with Crippen LogP contribution in [0.4, 0.5) is 0 Å². The second kappa shape index (κ2) is 6.64. The zero-order valence-corrected chi connectivity index (χ0v) is 13.1. The first-order chi connectivity index (χ1) is 9.34. The van der Waals surface area contributed by atoms with Crippen LogP contribution in [0.25, 0.3) is 0 Å². The molecule has 0 amide bonds. The van der Waals surface area contributed by atoms with Gasteiger partial charge in [-0.25, -0.2) is 0 Å². The van der Waals surface area contributed by atoms with Crippen molar-refractivity contribution in [3.05, 3.63) is 23.3 Å². The van der Waals surface area contributed by atoms with Crippen LogP contribution in [0.1, 0.15) is 50.7 Å². The number of hydrogen-bond donors (Lipinski definition) is 1. The first kappa shape index (κ1) is 16.3. The van der Waals surface area contributed by atoms with E-state index in [4.69, 9.17) is 9.47 Å². The molecule has 0 aromatic heterocycles. The molecule has 1 aromatic rings. The number of benzene rings is 1. The van der Waals surface area contributed by atoms with Gasteiger partial charge in [-0.3, -0.25) is 4.79 Å². The molecule has 1 atom stereocenters. The van der Waals surface area contributed by atoms with E-state index in [-0.39, 0.29) is 11.8 Å². The molecular weight excluding hydrogens is 256 g/mol. The second-order valence-corrected chi connectivity index (χ2v) is 5.52. The normalized spacial score (nSPS) is 12.6. The average Bonchev–Trinajstić information content (AvgIpc) is 2.36. The van der Waals surface area contributed by atoms with Gasteiger partial charge in [-0.05, 0) is 23.5 Å². The van der Waals surface area contributed by atoms with Crippen LogP contribution < -0.4 is 9.47 Å². The van der Waals surface area contributed by atoms with Gasteiger partial charge in [0, 0.05) is 5.56 Å². The maximum atomic E-state index is 11.6. The summed E-state index contributed by atoms with van der Waals surface area (Å²) in [4.78, 5) is 11.6. The van der Waals surface area contributed by atoms with Crippen LogP contribution in [0.15, 0.2) is 12.1 Å². The quantitative estimate of drug-likeness (QED) is 0.864. The molecule has 0 aliphatic rings. The predicted octanol–water partition coefficient (Wildman–Crippen LogP) is 3.65. The van der Waals surface area contributed by atoms with Crippen LogP contribution in [-0.4, -0.2) is 25.3 Å². The Balaban J connectivity index is 3.57. The first-order valence-electron chi connectivity index (χ1n) is 6.82. The van der Waals surface area contributed by atoms with Gasteiger partial charge in [0.15, 0.2) is 11.5 Å². The summed E-state index contributed by atoms with van der Waals surface area (Å²) in [5.41, 5.74) is 1.72. The van der Waals surface area contributed by atoms with Crippen LogP contribution in [0.2, 0.25) is 0 Å². The van der Waals surface area contributed by atoms with Crippen molar-refractivity contribution in [2.75, 3.05) is 14.2 Å². The fourth-order valence-corrected chi connectivity index (χ4v) is 2.61. The van der Waals surface area contributed by atoms with Crippen molar-refractivity contribution in [1.82, 2.24) is 0 Å². The lowest BCUT2D eigenvalue weighted by Crippen LogP contribution is -2.20. The molecule has 0 bridgehead atoms. The van der Waals surface area contributed by atoms with Gasteiger partial charge < -0.3 is 14.6 Å². The third-order valence-electron chi connectivity index (χ3n) is 3.46. The molecule has 0 heterocycles. The molecule has 0 spiro atoms. The van der Waals surface area contributed by atoms with Crippen LogP contribution in [0.3, 0.4) is 0 Å². The Morgan fingerprint density at radius 2 is 1.70 bits per heavy atom. The Bertz CT molecular complexity index is 478. The summed E-state index contributed by atoms with van der Waals surface area (Å²) < 4.78 is 10.8. The summed E-state index contributed by atoms with van der Waals surface area (Å²) in [6, 6.07) is 3.62. The fraction of sp³-hybridized carbons (Fsp3) is 0.562. The lowest BCUT2D eigenvalue weighted by molar-refractivity contribution is -0.139. The van der Waals surface area contributed by atoms with Crippen molar-refractivity contribution < 1.29 is 19.4 Å². The molecule has 0 aliphatic carbocycles. The van der Waals surface area contributed by atoms with E-state index >= 15 is 0 Å². The number of aliphatic carboxylic acids is 1. The summed E-state index contributed by atoms with van der Waals surface area (Å²) in [6.07, 6.45) is 0. The van der Waals surface area contributed by atoms with Crippen LogP contribution >= 0.6 is 0 Å². The lowest BCUT2D eigenvalue weighted by Gasteiger charge is -2.25. The van der Waals surface area contributed by atoms with Gasteiger partial charge in [-0.15, -0.1) is 0 Å². The van der Waals surface area contributed by atoms with Crippen molar-refractivity contribution in [2.45, 2.75) is 39.5 Å². The summed E-state index contributed by atoms with van der Waals surface area (Å²) in [5.74, 6) is 0.0554. The Morgan fingerprint density at radius 1 is 1.10 bits per heavy atom. The Morgan fingerprint density at radius 3 is 2.05 bits per heavy atom. The first-order valence-corrected chi connectivity index (χ1v) is 6.82. The molecule has 4 heteroatoms. The molecule has 1 unspecified atom stereocenters. The van der Waals surface area contributed by atoms with Gasteiger partial charge in [0.2, 0.25) is 0 Å². The number of carboxylic acids is 1. The van der Waals surface area contributed by atoms with Gasteiger partial charge in [0.25, 0.3) is 0 Å². The number of carboxylic acid groups (broad SMARTS) is 1. The Labute approximate surface area is 120 Å². The highest BCUT2D eigenvalue weighted by Gasteiger charge is 2.29. The topological polar surface area (TPSA) is 55.8 Å². The summed E-state index contributed by atoms with van der Waals surface area (Å²) in [7, 11) is 3.16. The summed E-state index contributed by atoms with van der Waals surface area (Å²) >= 11 is 0. The molecule has 20 heavy (non-hydrogen) atoms. The van der Waals surface area contributed by atoms with Gasteiger partial charge in [0.05, 0.1) is 20.1 Å². The molecule has 1 aromatic carbocycles. The summed E-state index contributed by atoms with van der Waals surface area (Å²) in [5, 5.41) is 9.52. The number of ether oxygens (including phenoxy) is 2. The van der Waals surface area contributed by atoms with E-state index in [1.54, 1.807) is 20.3 Å². The Kier molecular flexibility index (Phi) is 5.43. The summed E-state index contributed by atoms with van der Waals surface area (Å²) in [6.45, 7) is 7.89. The third kappa shape index (κ3) is 3.06. The predicted molar refractivity (Wildman–Crippen MR) is 78.8 cm³/mol.